The van der Waals surface area contributed by atoms with Gasteiger partial charge in [-0.1, -0.05) is 90.5 Å². The van der Waals surface area contributed by atoms with Crippen LogP contribution in [0.25, 0.3) is 5.57 Å². The highest BCUT2D eigenvalue weighted by atomic mass is 16.5. The molecule has 1 heterocycles. The number of carbonyl (C=O) groups is 4. The highest BCUT2D eigenvalue weighted by Gasteiger charge is 2.66. The van der Waals surface area contributed by atoms with Gasteiger partial charge in [-0.25, -0.2) is 0 Å². The van der Waals surface area contributed by atoms with Gasteiger partial charge in [0.25, 0.3) is 0 Å². The molecule has 0 aromatic heterocycles. The van der Waals surface area contributed by atoms with Crippen LogP contribution in [0, 0.1) is 23.7 Å². The van der Waals surface area contributed by atoms with Crippen molar-refractivity contribution in [1.29, 1.82) is 0 Å². The van der Waals surface area contributed by atoms with Crippen LogP contribution in [0.1, 0.15) is 42.4 Å². The number of nitrogens with zero attached hydrogens (tertiary/aromatic N) is 1. The number of likely N-dealkylation sites (tertiary alicyclic amines) is 1. The van der Waals surface area contributed by atoms with Gasteiger partial charge in [-0.2, -0.15) is 0 Å². The summed E-state index contributed by atoms with van der Waals surface area (Å²) in [5.41, 5.74) is 2.06. The second-order valence-electron chi connectivity index (χ2n) is 12.3. The normalized spacial score (nSPS) is 29.0. The van der Waals surface area contributed by atoms with Gasteiger partial charge in [-0.15, -0.1) is 0 Å². The quantitative estimate of drug-likeness (QED) is 0.306. The van der Waals surface area contributed by atoms with Crippen molar-refractivity contribution in [3.8, 4) is 5.75 Å². The van der Waals surface area contributed by atoms with Crippen LogP contribution in [-0.2, 0) is 24.6 Å². The Balaban J connectivity index is 1.52. The Kier molecular flexibility index (Phi) is 7.37. The van der Waals surface area contributed by atoms with E-state index in [1.54, 1.807) is 6.92 Å². The van der Waals surface area contributed by atoms with Crippen molar-refractivity contribution in [3.05, 3.63) is 119 Å². The van der Waals surface area contributed by atoms with Gasteiger partial charge in [0.05, 0.1) is 23.9 Å². The Bertz CT molecular complexity index is 1740. The third kappa shape index (κ3) is 4.28. The van der Waals surface area contributed by atoms with Crippen LogP contribution in [0.15, 0.2) is 103 Å². The van der Waals surface area contributed by atoms with Crippen molar-refractivity contribution in [2.45, 2.75) is 31.1 Å². The summed E-state index contributed by atoms with van der Waals surface area (Å²) in [5.74, 6) is -3.14. The number of para-hydroxylation sites is 1. The molecule has 2 fully saturated rings. The highest BCUT2D eigenvalue weighted by molar-refractivity contribution is 6.31. The van der Waals surface area contributed by atoms with Crippen LogP contribution in [0.4, 0.5) is 0 Å². The van der Waals surface area contributed by atoms with Crippen LogP contribution in [-0.4, -0.2) is 53.1 Å². The zero-order chi connectivity index (χ0) is 31.3. The van der Waals surface area contributed by atoms with E-state index in [1.165, 1.54) is 11.0 Å². The zero-order valence-corrected chi connectivity index (χ0v) is 25.1. The molecule has 1 saturated heterocycles. The number of benzene rings is 3. The summed E-state index contributed by atoms with van der Waals surface area (Å²) in [4.78, 5) is 58.6. The van der Waals surface area contributed by atoms with Crippen LogP contribution in [0.3, 0.4) is 0 Å². The lowest BCUT2D eigenvalue weighted by atomic mass is 9.44. The number of hydrogen-bond donors (Lipinski definition) is 1. The number of aliphatic hydroxyl groups excluding tert-OH is 1. The van der Waals surface area contributed by atoms with Gasteiger partial charge in [0.1, 0.15) is 12.4 Å². The fourth-order valence-electron chi connectivity index (χ4n) is 8.60. The number of fused-ring (bicyclic) bond motifs is 4. The molecule has 2 amide bonds. The standard InChI is InChI=1S/C38H35NO6/c1-2-39-36(43)27-18-17-25-29(33(27)37(39)44)21-30-35(42)28(23-11-5-3-6-12-23)22-32(41)38(30,24-13-7-4-8-14-24)34(25)26-15-9-10-16-31(26)45-20-19-40/h3-17,22,27,29-30,33-34,40H,2,18-21H2,1H3/t27-,29+,30-,33-,34+,38-/m0/s1. The molecule has 7 nitrogen and oxygen atoms in total. The number of ether oxygens (including phenoxy) is 1. The molecule has 6 atom stereocenters. The van der Waals surface area contributed by atoms with E-state index in [1.807, 2.05) is 84.9 Å². The first-order valence-electron chi connectivity index (χ1n) is 15.7. The topological polar surface area (TPSA) is 101 Å². The predicted octanol–water partition coefficient (Wildman–Crippen LogP) is 4.90. The van der Waals surface area contributed by atoms with Crippen molar-refractivity contribution in [2.24, 2.45) is 23.7 Å². The number of ketones is 2. The lowest BCUT2D eigenvalue weighted by molar-refractivity contribution is -0.140. The molecule has 45 heavy (non-hydrogen) atoms. The molecule has 0 radical (unpaired) electrons. The molecule has 0 spiro atoms. The monoisotopic (exact) mass is 601 g/mol. The number of Topliss-reactive ketones (excluding diaryl/α,β-unsaturated/α-hetero) is 1. The van der Waals surface area contributed by atoms with E-state index in [0.29, 0.717) is 29.9 Å². The number of allylic oxidation sites excluding steroid dienone is 4. The minimum Gasteiger partial charge on any atom is -0.491 e. The van der Waals surface area contributed by atoms with E-state index in [9.17, 15) is 19.5 Å². The van der Waals surface area contributed by atoms with Gasteiger partial charge in [-0.3, -0.25) is 24.1 Å². The molecule has 3 aromatic rings. The first kappa shape index (κ1) is 29.1. The summed E-state index contributed by atoms with van der Waals surface area (Å²) < 4.78 is 6.07. The summed E-state index contributed by atoms with van der Waals surface area (Å²) in [5, 5.41) is 9.63. The molecule has 3 aliphatic carbocycles. The van der Waals surface area contributed by atoms with Gasteiger partial charge >= 0.3 is 0 Å². The number of imide groups is 1. The van der Waals surface area contributed by atoms with Gasteiger partial charge < -0.3 is 9.84 Å². The summed E-state index contributed by atoms with van der Waals surface area (Å²) >= 11 is 0. The molecular weight excluding hydrogens is 566 g/mol. The van der Waals surface area contributed by atoms with Crippen LogP contribution in [0.2, 0.25) is 0 Å². The van der Waals surface area contributed by atoms with E-state index in [0.717, 1.165) is 16.7 Å². The average molecular weight is 602 g/mol. The first-order valence-corrected chi connectivity index (χ1v) is 15.7. The molecule has 1 N–H and O–H groups in total. The van der Waals surface area contributed by atoms with Crippen LogP contribution >= 0.6 is 0 Å². The Morgan fingerprint density at radius 3 is 2.27 bits per heavy atom. The number of amides is 2. The lowest BCUT2D eigenvalue weighted by Crippen LogP contribution is -2.58. The largest absolute Gasteiger partial charge is 0.491 e. The Morgan fingerprint density at radius 1 is 0.867 bits per heavy atom. The average Bonchev–Trinajstić information content (AvgIpc) is 3.33. The second kappa shape index (κ2) is 11.4. The molecule has 1 aliphatic heterocycles. The molecule has 7 rings (SSSR count). The summed E-state index contributed by atoms with van der Waals surface area (Å²) in [7, 11) is 0. The van der Waals surface area contributed by atoms with E-state index in [4.69, 9.17) is 4.74 Å². The molecule has 0 unspecified atom stereocenters. The van der Waals surface area contributed by atoms with E-state index in [2.05, 4.69) is 6.08 Å². The molecule has 3 aromatic carbocycles. The molecule has 4 aliphatic rings. The second-order valence-corrected chi connectivity index (χ2v) is 12.3. The molecule has 0 bridgehead atoms. The molecule has 1 saturated carbocycles. The van der Waals surface area contributed by atoms with E-state index in [-0.39, 0.29) is 43.0 Å². The van der Waals surface area contributed by atoms with Gasteiger partial charge in [0.2, 0.25) is 11.8 Å². The smallest absolute Gasteiger partial charge is 0.233 e. The SMILES string of the molecule is CCN1C(=O)[C@H]2[C@H](CC=C3[C@H]2C[C@H]2C(=O)C(c4ccccc4)=CC(=O)[C@@]2(c2ccccc2)[C@H]3c2ccccc2OCCO)C1=O. The third-order valence-electron chi connectivity index (χ3n) is 10.4. The zero-order valence-electron chi connectivity index (χ0n) is 25.1. The van der Waals surface area contributed by atoms with Gasteiger partial charge in [-0.05, 0) is 49.0 Å². The number of rotatable bonds is 7. The number of aliphatic hydroxyl groups is 1. The van der Waals surface area contributed by atoms with E-state index >= 15 is 4.79 Å². The van der Waals surface area contributed by atoms with E-state index < -0.39 is 35.0 Å². The fraction of sp³-hybridized carbons (Fsp3) is 0.316. The first-order chi connectivity index (χ1) is 21.9. The number of carbonyl (C=O) groups excluding carboxylic acids is 4. The lowest BCUT2D eigenvalue weighted by Gasteiger charge is -2.55. The molecule has 7 heteroatoms. The van der Waals surface area contributed by atoms with Crippen molar-refractivity contribution in [1.82, 2.24) is 4.90 Å². The summed E-state index contributed by atoms with van der Waals surface area (Å²) in [6.45, 7) is 1.97. The third-order valence-corrected chi connectivity index (χ3v) is 10.4. The minimum absolute atomic E-state index is 0.0576. The summed E-state index contributed by atoms with van der Waals surface area (Å²) in [6.07, 6.45) is 4.22. The van der Waals surface area contributed by atoms with Gasteiger partial charge in [0.15, 0.2) is 11.6 Å². The maximum atomic E-state index is 15.0. The minimum atomic E-state index is -1.32. The Labute approximate surface area is 262 Å². The van der Waals surface area contributed by atoms with Crippen molar-refractivity contribution in [3.63, 3.8) is 0 Å². The summed E-state index contributed by atoms with van der Waals surface area (Å²) in [6, 6.07) is 26.2. The van der Waals surface area contributed by atoms with Crippen LogP contribution < -0.4 is 4.74 Å². The van der Waals surface area contributed by atoms with Crippen molar-refractivity contribution < 1.29 is 29.0 Å². The maximum Gasteiger partial charge on any atom is 0.233 e. The number of hydrogen-bond acceptors (Lipinski definition) is 6. The predicted molar refractivity (Wildman–Crippen MR) is 168 cm³/mol. The van der Waals surface area contributed by atoms with Crippen molar-refractivity contribution in [2.75, 3.05) is 19.8 Å². The van der Waals surface area contributed by atoms with Crippen LogP contribution in [0.5, 0.6) is 5.75 Å². The molecular formula is C38H35NO6. The van der Waals surface area contributed by atoms with Gasteiger partial charge in [0, 0.05) is 29.5 Å². The maximum absolute atomic E-state index is 15.0. The van der Waals surface area contributed by atoms with Crippen molar-refractivity contribution >= 4 is 29.0 Å². The fourth-order valence-corrected chi connectivity index (χ4v) is 8.60. The molecule has 228 valence electrons. The Morgan fingerprint density at radius 2 is 1.56 bits per heavy atom. The highest BCUT2D eigenvalue weighted by Crippen LogP contribution is 2.64. The Hall–Kier alpha value is -4.62.